The summed E-state index contributed by atoms with van der Waals surface area (Å²) in [5.74, 6) is 6.36. The maximum atomic E-state index is 14.6. The number of nitrogens with zero attached hydrogens (tertiary/aromatic N) is 2. The van der Waals surface area contributed by atoms with E-state index >= 15 is 0 Å². The van der Waals surface area contributed by atoms with Gasteiger partial charge in [-0.1, -0.05) is 47.6 Å². The highest BCUT2D eigenvalue weighted by Crippen LogP contribution is 2.28. The van der Waals surface area contributed by atoms with Gasteiger partial charge >= 0.3 is 6.18 Å². The van der Waals surface area contributed by atoms with Crippen LogP contribution in [0.15, 0.2) is 60.9 Å². The standard InChI is InChI=1S/C26H13F5N2/c1-16-2-4-17(5-3-16)6-7-18-14-32-25(33-15-18)19-8-9-21-20(12-19)13-23(27)22(24(21)28)10-11-26(29,30)31/h2-5,8-9,12-15H,1H3. The Morgan fingerprint density at radius 2 is 1.45 bits per heavy atom. The average Bonchev–Trinajstić information content (AvgIpc) is 2.78. The number of fused-ring (bicyclic) bond motifs is 1. The Morgan fingerprint density at radius 3 is 2.12 bits per heavy atom. The van der Waals surface area contributed by atoms with E-state index in [1.165, 1.54) is 36.5 Å². The van der Waals surface area contributed by atoms with Gasteiger partial charge in [0.05, 0.1) is 11.1 Å². The Kier molecular flexibility index (Phi) is 5.81. The van der Waals surface area contributed by atoms with Crippen LogP contribution in [0.1, 0.15) is 22.3 Å². The van der Waals surface area contributed by atoms with E-state index in [9.17, 15) is 22.0 Å². The van der Waals surface area contributed by atoms with Crippen molar-refractivity contribution in [2.45, 2.75) is 13.1 Å². The molecule has 0 saturated heterocycles. The first-order chi connectivity index (χ1) is 15.7. The average molecular weight is 448 g/mol. The van der Waals surface area contributed by atoms with Gasteiger partial charge in [0.2, 0.25) is 0 Å². The van der Waals surface area contributed by atoms with E-state index in [2.05, 4.69) is 21.8 Å². The van der Waals surface area contributed by atoms with Gasteiger partial charge in [-0.15, -0.1) is 0 Å². The molecular formula is C26H13F5N2. The molecule has 0 amide bonds. The largest absolute Gasteiger partial charge is 0.458 e. The van der Waals surface area contributed by atoms with Crippen LogP contribution < -0.4 is 0 Å². The van der Waals surface area contributed by atoms with Gasteiger partial charge < -0.3 is 0 Å². The van der Waals surface area contributed by atoms with E-state index in [0.717, 1.165) is 23.1 Å². The summed E-state index contributed by atoms with van der Waals surface area (Å²) in [6.45, 7) is 1.99. The molecule has 7 heteroatoms. The Hall–Kier alpha value is -4.23. The molecule has 33 heavy (non-hydrogen) atoms. The molecule has 0 N–H and O–H groups in total. The third-order valence-electron chi connectivity index (χ3n) is 4.67. The summed E-state index contributed by atoms with van der Waals surface area (Å²) in [6, 6.07) is 12.9. The summed E-state index contributed by atoms with van der Waals surface area (Å²) in [4.78, 5) is 8.51. The lowest BCUT2D eigenvalue weighted by Gasteiger charge is -2.06. The van der Waals surface area contributed by atoms with Gasteiger partial charge in [0.1, 0.15) is 11.6 Å². The summed E-state index contributed by atoms with van der Waals surface area (Å²) < 4.78 is 65.7. The van der Waals surface area contributed by atoms with Gasteiger partial charge in [-0.2, -0.15) is 13.2 Å². The van der Waals surface area contributed by atoms with Gasteiger partial charge in [-0.25, -0.2) is 18.7 Å². The Morgan fingerprint density at radius 1 is 0.788 bits per heavy atom. The lowest BCUT2D eigenvalue weighted by atomic mass is 10.0. The minimum absolute atomic E-state index is 0.0628. The van der Waals surface area contributed by atoms with E-state index < -0.39 is 23.4 Å². The smallest absolute Gasteiger partial charge is 0.235 e. The van der Waals surface area contributed by atoms with Crippen LogP contribution in [-0.2, 0) is 0 Å². The van der Waals surface area contributed by atoms with E-state index in [1.54, 1.807) is 0 Å². The summed E-state index contributed by atoms with van der Waals surface area (Å²) >= 11 is 0. The van der Waals surface area contributed by atoms with Crippen molar-refractivity contribution in [1.29, 1.82) is 0 Å². The lowest BCUT2D eigenvalue weighted by molar-refractivity contribution is -0.0696. The van der Waals surface area contributed by atoms with Crippen molar-refractivity contribution < 1.29 is 22.0 Å². The number of aryl methyl sites for hydroxylation is 1. The van der Waals surface area contributed by atoms with Gasteiger partial charge in [-0.05, 0) is 36.6 Å². The molecule has 3 aromatic carbocycles. The SMILES string of the molecule is Cc1ccc(C#Cc2cnc(-c3ccc4c(F)c(C#CC(F)(F)F)c(F)cc4c3)nc2)cc1. The van der Waals surface area contributed by atoms with Gasteiger partial charge in [0.15, 0.2) is 5.82 Å². The molecule has 4 rings (SSSR count). The monoisotopic (exact) mass is 448 g/mol. The quantitative estimate of drug-likeness (QED) is 0.256. The Bertz CT molecular complexity index is 1460. The normalized spacial score (nSPS) is 10.8. The van der Waals surface area contributed by atoms with Crippen molar-refractivity contribution in [2.24, 2.45) is 0 Å². The Balaban J connectivity index is 1.64. The maximum absolute atomic E-state index is 14.6. The molecule has 2 nitrogen and oxygen atoms in total. The molecule has 1 aromatic heterocycles. The maximum Gasteiger partial charge on any atom is 0.458 e. The second-order valence-corrected chi connectivity index (χ2v) is 7.14. The number of halogens is 5. The van der Waals surface area contributed by atoms with Crippen LogP contribution in [0.3, 0.4) is 0 Å². The predicted octanol–water partition coefficient (Wildman–Crippen LogP) is 6.20. The second kappa shape index (κ2) is 8.72. The van der Waals surface area contributed by atoms with E-state index in [4.69, 9.17) is 0 Å². The topological polar surface area (TPSA) is 25.8 Å². The van der Waals surface area contributed by atoms with Crippen LogP contribution >= 0.6 is 0 Å². The molecule has 0 atom stereocenters. The first-order valence-corrected chi connectivity index (χ1v) is 9.62. The fraction of sp³-hybridized carbons (Fsp3) is 0.0769. The molecule has 0 radical (unpaired) electrons. The summed E-state index contributed by atoms with van der Waals surface area (Å²) in [7, 11) is 0. The minimum atomic E-state index is -4.86. The molecule has 0 saturated carbocycles. The molecule has 0 fully saturated rings. The van der Waals surface area contributed by atoms with E-state index in [0.29, 0.717) is 17.0 Å². The fourth-order valence-electron chi connectivity index (χ4n) is 3.04. The Labute approximate surface area is 186 Å². The highest BCUT2D eigenvalue weighted by molar-refractivity contribution is 5.88. The van der Waals surface area contributed by atoms with Gasteiger partial charge in [0, 0.05) is 34.8 Å². The molecule has 4 aromatic rings. The zero-order valence-corrected chi connectivity index (χ0v) is 17.1. The number of hydrogen-bond acceptors (Lipinski definition) is 2. The molecule has 0 aliphatic carbocycles. The zero-order valence-electron chi connectivity index (χ0n) is 17.1. The van der Waals surface area contributed by atoms with Crippen molar-refractivity contribution in [2.75, 3.05) is 0 Å². The summed E-state index contributed by atoms with van der Waals surface area (Å²) in [5, 5.41) is 0.0825. The van der Waals surface area contributed by atoms with Crippen molar-refractivity contribution in [1.82, 2.24) is 9.97 Å². The van der Waals surface area contributed by atoms with Gasteiger partial charge in [0.25, 0.3) is 0 Å². The van der Waals surface area contributed by atoms with Crippen molar-refractivity contribution in [3.05, 3.63) is 94.8 Å². The summed E-state index contributed by atoms with van der Waals surface area (Å²) in [6.07, 6.45) is -1.79. The number of benzene rings is 3. The van der Waals surface area contributed by atoms with Crippen LogP contribution in [0.2, 0.25) is 0 Å². The fourth-order valence-corrected chi connectivity index (χ4v) is 3.04. The second-order valence-electron chi connectivity index (χ2n) is 7.14. The number of hydrogen-bond donors (Lipinski definition) is 0. The third-order valence-corrected chi connectivity index (χ3v) is 4.67. The van der Waals surface area contributed by atoms with Gasteiger partial charge in [-0.3, -0.25) is 0 Å². The molecule has 162 valence electrons. The molecule has 1 heterocycles. The van der Waals surface area contributed by atoms with Crippen molar-refractivity contribution >= 4 is 10.8 Å². The number of alkyl halides is 3. The van der Waals surface area contributed by atoms with Crippen molar-refractivity contribution in [3.8, 4) is 35.1 Å². The lowest BCUT2D eigenvalue weighted by Crippen LogP contribution is -2.02. The van der Waals surface area contributed by atoms with Crippen LogP contribution in [0, 0.1) is 42.2 Å². The third kappa shape index (κ3) is 5.16. The van der Waals surface area contributed by atoms with Crippen molar-refractivity contribution in [3.63, 3.8) is 0 Å². The van der Waals surface area contributed by atoms with E-state index in [1.807, 2.05) is 31.2 Å². The molecule has 0 aliphatic rings. The molecule has 0 aliphatic heterocycles. The molecular weight excluding hydrogens is 435 g/mol. The van der Waals surface area contributed by atoms with Crippen LogP contribution in [0.4, 0.5) is 22.0 Å². The first kappa shape index (κ1) is 22.0. The van der Waals surface area contributed by atoms with Crippen LogP contribution in [0.5, 0.6) is 0 Å². The number of rotatable bonds is 1. The van der Waals surface area contributed by atoms with E-state index in [-0.39, 0.29) is 10.8 Å². The molecule has 0 unspecified atom stereocenters. The zero-order chi connectivity index (χ0) is 23.6. The van der Waals surface area contributed by atoms with Crippen LogP contribution in [-0.4, -0.2) is 16.1 Å². The highest BCUT2D eigenvalue weighted by Gasteiger charge is 2.24. The predicted molar refractivity (Wildman–Crippen MR) is 115 cm³/mol. The summed E-state index contributed by atoms with van der Waals surface area (Å²) in [5.41, 5.74) is 2.12. The molecule has 0 bridgehead atoms. The first-order valence-electron chi connectivity index (χ1n) is 9.62. The molecule has 0 spiro atoms. The van der Waals surface area contributed by atoms with Crippen LogP contribution in [0.25, 0.3) is 22.2 Å². The number of aromatic nitrogens is 2. The highest BCUT2D eigenvalue weighted by atomic mass is 19.4. The minimum Gasteiger partial charge on any atom is -0.235 e.